The minimum atomic E-state index is 0.524. The fourth-order valence-electron chi connectivity index (χ4n) is 1.78. The largest absolute Gasteiger partial charge is 0.286 e. The van der Waals surface area contributed by atoms with Crippen molar-refractivity contribution in [3.8, 4) is 0 Å². The minimum Gasteiger partial charge on any atom is -0.286 e. The van der Waals surface area contributed by atoms with Crippen LogP contribution in [0.15, 0.2) is 29.3 Å². The second-order valence-corrected chi connectivity index (χ2v) is 3.83. The average molecular weight is 173 g/mol. The zero-order valence-electron chi connectivity index (χ0n) is 8.25. The van der Waals surface area contributed by atoms with Gasteiger partial charge in [0.05, 0.1) is 0 Å². The van der Waals surface area contributed by atoms with Gasteiger partial charge in [-0.3, -0.25) is 4.99 Å². The predicted molar refractivity (Wildman–Crippen MR) is 56.4 cm³/mol. The molecule has 68 valence electrons. The van der Waals surface area contributed by atoms with Crippen molar-refractivity contribution in [2.45, 2.75) is 32.7 Å². The molecule has 2 rings (SSSR count). The van der Waals surface area contributed by atoms with Crippen LogP contribution in [0.25, 0.3) is 0 Å². The van der Waals surface area contributed by atoms with Crippen LogP contribution in [0.4, 0.5) is 0 Å². The van der Waals surface area contributed by atoms with E-state index in [9.17, 15) is 0 Å². The maximum Gasteiger partial charge on any atom is 0.0478 e. The van der Waals surface area contributed by atoms with Crippen LogP contribution < -0.4 is 0 Å². The Morgan fingerprint density at radius 1 is 1.38 bits per heavy atom. The van der Waals surface area contributed by atoms with Gasteiger partial charge in [0.2, 0.25) is 0 Å². The van der Waals surface area contributed by atoms with Gasteiger partial charge in [0.25, 0.3) is 0 Å². The standard InChI is InChI=1S/C12H15N/c1-9-4-3-5-11(8-9)12-7-6-10(2)13-12/h3-5,8,10H,6-7H2,1-2H3. The normalized spacial score (nSPS) is 21.7. The fraction of sp³-hybridized carbons (Fsp3) is 0.417. The van der Waals surface area contributed by atoms with E-state index in [4.69, 9.17) is 0 Å². The number of aliphatic imine (C=N–C) groups is 1. The second kappa shape index (κ2) is 3.33. The Balaban J connectivity index is 2.31. The Hall–Kier alpha value is -1.11. The first-order valence-corrected chi connectivity index (χ1v) is 4.89. The van der Waals surface area contributed by atoms with E-state index in [1.54, 1.807) is 0 Å². The lowest BCUT2D eigenvalue weighted by Gasteiger charge is -2.00. The predicted octanol–water partition coefficient (Wildman–Crippen LogP) is 2.97. The van der Waals surface area contributed by atoms with Crippen molar-refractivity contribution in [3.63, 3.8) is 0 Å². The smallest absolute Gasteiger partial charge is 0.0478 e. The van der Waals surface area contributed by atoms with Crippen molar-refractivity contribution in [2.24, 2.45) is 4.99 Å². The van der Waals surface area contributed by atoms with Crippen LogP contribution in [0.5, 0.6) is 0 Å². The Morgan fingerprint density at radius 3 is 2.85 bits per heavy atom. The molecular weight excluding hydrogens is 158 g/mol. The Kier molecular flexibility index (Phi) is 2.17. The van der Waals surface area contributed by atoms with E-state index in [2.05, 4.69) is 43.1 Å². The Bertz CT molecular complexity index is 339. The summed E-state index contributed by atoms with van der Waals surface area (Å²) >= 11 is 0. The van der Waals surface area contributed by atoms with Gasteiger partial charge in [0.1, 0.15) is 0 Å². The molecule has 1 atom stereocenters. The first-order valence-electron chi connectivity index (χ1n) is 4.89. The SMILES string of the molecule is Cc1cccc(C2=NC(C)CC2)c1. The van der Waals surface area contributed by atoms with E-state index in [0.717, 1.165) is 6.42 Å². The summed E-state index contributed by atoms with van der Waals surface area (Å²) in [6, 6.07) is 9.13. The first-order chi connectivity index (χ1) is 6.25. The van der Waals surface area contributed by atoms with E-state index in [-0.39, 0.29) is 0 Å². The third-order valence-electron chi connectivity index (χ3n) is 2.53. The van der Waals surface area contributed by atoms with Gasteiger partial charge in [-0.2, -0.15) is 0 Å². The van der Waals surface area contributed by atoms with Crippen molar-refractivity contribution >= 4 is 5.71 Å². The number of hydrogen-bond acceptors (Lipinski definition) is 1. The van der Waals surface area contributed by atoms with E-state index < -0.39 is 0 Å². The van der Waals surface area contributed by atoms with Crippen molar-refractivity contribution in [3.05, 3.63) is 35.4 Å². The number of benzene rings is 1. The van der Waals surface area contributed by atoms with Crippen molar-refractivity contribution < 1.29 is 0 Å². The number of aryl methyl sites for hydroxylation is 1. The molecule has 1 aliphatic heterocycles. The lowest BCUT2D eigenvalue weighted by atomic mass is 10.1. The highest BCUT2D eigenvalue weighted by atomic mass is 14.8. The Labute approximate surface area is 79.5 Å². The lowest BCUT2D eigenvalue weighted by molar-refractivity contribution is 0.739. The lowest BCUT2D eigenvalue weighted by Crippen LogP contribution is -1.95. The Morgan fingerprint density at radius 2 is 2.23 bits per heavy atom. The van der Waals surface area contributed by atoms with Crippen LogP contribution >= 0.6 is 0 Å². The highest BCUT2D eigenvalue weighted by molar-refractivity contribution is 6.01. The van der Waals surface area contributed by atoms with E-state index in [0.29, 0.717) is 6.04 Å². The molecule has 1 heteroatoms. The molecule has 0 N–H and O–H groups in total. The monoisotopic (exact) mass is 173 g/mol. The molecule has 0 spiro atoms. The van der Waals surface area contributed by atoms with Gasteiger partial charge in [-0.1, -0.05) is 29.8 Å². The van der Waals surface area contributed by atoms with Crippen LogP contribution in [0.2, 0.25) is 0 Å². The van der Waals surface area contributed by atoms with Crippen LogP contribution in [0.1, 0.15) is 30.9 Å². The molecule has 13 heavy (non-hydrogen) atoms. The highest BCUT2D eigenvalue weighted by Gasteiger charge is 2.13. The molecule has 1 nitrogen and oxygen atoms in total. The van der Waals surface area contributed by atoms with Gasteiger partial charge in [-0.15, -0.1) is 0 Å². The molecule has 0 saturated carbocycles. The molecule has 0 amide bonds. The summed E-state index contributed by atoms with van der Waals surface area (Å²) in [5, 5.41) is 0. The summed E-state index contributed by atoms with van der Waals surface area (Å²) in [7, 11) is 0. The highest BCUT2D eigenvalue weighted by Crippen LogP contribution is 2.18. The van der Waals surface area contributed by atoms with E-state index >= 15 is 0 Å². The van der Waals surface area contributed by atoms with Gasteiger partial charge >= 0.3 is 0 Å². The van der Waals surface area contributed by atoms with E-state index in [1.165, 1.54) is 23.3 Å². The zero-order valence-corrected chi connectivity index (χ0v) is 8.25. The molecule has 0 aromatic heterocycles. The molecule has 1 aromatic carbocycles. The number of hydrogen-bond donors (Lipinski definition) is 0. The summed E-state index contributed by atoms with van der Waals surface area (Å²) < 4.78 is 0. The van der Waals surface area contributed by atoms with Gasteiger partial charge < -0.3 is 0 Å². The zero-order chi connectivity index (χ0) is 9.26. The molecule has 0 bridgehead atoms. The molecular formula is C12H15N. The summed E-state index contributed by atoms with van der Waals surface area (Å²) in [5.41, 5.74) is 3.92. The fourth-order valence-corrected chi connectivity index (χ4v) is 1.78. The van der Waals surface area contributed by atoms with Gasteiger partial charge in [-0.25, -0.2) is 0 Å². The molecule has 0 saturated heterocycles. The van der Waals surface area contributed by atoms with Crippen molar-refractivity contribution in [2.75, 3.05) is 0 Å². The number of nitrogens with zero attached hydrogens (tertiary/aromatic N) is 1. The first kappa shape index (κ1) is 8.49. The van der Waals surface area contributed by atoms with Gasteiger partial charge in [0.15, 0.2) is 0 Å². The molecule has 0 fully saturated rings. The molecule has 0 radical (unpaired) electrons. The summed E-state index contributed by atoms with van der Waals surface area (Å²) in [4.78, 5) is 4.62. The molecule has 1 heterocycles. The van der Waals surface area contributed by atoms with Gasteiger partial charge in [-0.05, 0) is 32.3 Å². The van der Waals surface area contributed by atoms with Crippen LogP contribution in [-0.4, -0.2) is 11.8 Å². The summed E-state index contributed by atoms with van der Waals surface area (Å²) in [6.45, 7) is 4.31. The maximum absolute atomic E-state index is 4.62. The number of rotatable bonds is 1. The molecule has 0 aliphatic carbocycles. The van der Waals surface area contributed by atoms with Crippen LogP contribution in [0.3, 0.4) is 0 Å². The van der Waals surface area contributed by atoms with Crippen LogP contribution in [-0.2, 0) is 0 Å². The van der Waals surface area contributed by atoms with Crippen LogP contribution in [0, 0.1) is 6.92 Å². The van der Waals surface area contributed by atoms with Gasteiger partial charge in [0, 0.05) is 11.8 Å². The quantitative estimate of drug-likeness (QED) is 0.619. The van der Waals surface area contributed by atoms with Crippen molar-refractivity contribution in [1.29, 1.82) is 0 Å². The molecule has 1 aliphatic rings. The van der Waals surface area contributed by atoms with Crippen molar-refractivity contribution in [1.82, 2.24) is 0 Å². The minimum absolute atomic E-state index is 0.524. The molecule has 1 aromatic rings. The molecule has 1 unspecified atom stereocenters. The van der Waals surface area contributed by atoms with E-state index in [1.807, 2.05) is 0 Å². The second-order valence-electron chi connectivity index (χ2n) is 3.83. The summed E-state index contributed by atoms with van der Waals surface area (Å²) in [6.07, 6.45) is 2.36. The summed E-state index contributed by atoms with van der Waals surface area (Å²) in [5.74, 6) is 0. The third kappa shape index (κ3) is 1.80. The maximum atomic E-state index is 4.62. The topological polar surface area (TPSA) is 12.4 Å². The average Bonchev–Trinajstić information content (AvgIpc) is 2.52. The third-order valence-corrected chi connectivity index (χ3v) is 2.53.